The van der Waals surface area contributed by atoms with E-state index in [9.17, 15) is 23.8 Å². The van der Waals surface area contributed by atoms with Gasteiger partial charge in [-0.05, 0) is 30.5 Å². The van der Waals surface area contributed by atoms with Crippen LogP contribution in [0, 0.1) is 11.6 Å². The summed E-state index contributed by atoms with van der Waals surface area (Å²) in [6, 6.07) is 3.21. The Bertz CT molecular complexity index is 493. The fourth-order valence-electron chi connectivity index (χ4n) is 2.51. The molecule has 1 rings (SSSR count). The van der Waals surface area contributed by atoms with Gasteiger partial charge in [-0.1, -0.05) is 38.2 Å². The lowest BCUT2D eigenvalue weighted by Gasteiger charge is -2.13. The third kappa shape index (κ3) is 7.05. The summed E-state index contributed by atoms with van der Waals surface area (Å²) >= 11 is 0. The Balaban J connectivity index is 2.34. The number of rotatable bonds is 11. The number of hydrogen-bond acceptors (Lipinski definition) is 3. The third-order valence-electron chi connectivity index (χ3n) is 3.89. The largest absolute Gasteiger partial charge is 0.481 e. The number of hydrogen-bond donors (Lipinski definition) is 3. The van der Waals surface area contributed by atoms with E-state index in [0.717, 1.165) is 37.8 Å². The molecule has 1 aromatic rings. The molecular formula is C17H24F2O4. The van der Waals surface area contributed by atoms with Gasteiger partial charge in [-0.2, -0.15) is 0 Å². The second kappa shape index (κ2) is 10.3. The van der Waals surface area contributed by atoms with Gasteiger partial charge in [0.05, 0.1) is 18.6 Å². The number of aliphatic hydroxyl groups is 2. The Morgan fingerprint density at radius 2 is 1.61 bits per heavy atom. The molecule has 0 aromatic heterocycles. The van der Waals surface area contributed by atoms with Crippen LogP contribution in [0.25, 0.3) is 0 Å². The predicted molar refractivity (Wildman–Crippen MR) is 82.1 cm³/mol. The van der Waals surface area contributed by atoms with E-state index in [0.29, 0.717) is 19.3 Å². The van der Waals surface area contributed by atoms with E-state index in [4.69, 9.17) is 5.11 Å². The van der Waals surface area contributed by atoms with Crippen molar-refractivity contribution in [1.82, 2.24) is 0 Å². The zero-order valence-electron chi connectivity index (χ0n) is 13.0. The number of unbranched alkanes of at least 4 members (excludes halogenated alkanes) is 4. The van der Waals surface area contributed by atoms with Crippen LogP contribution in [0.3, 0.4) is 0 Å². The van der Waals surface area contributed by atoms with Gasteiger partial charge in [-0.15, -0.1) is 0 Å². The van der Waals surface area contributed by atoms with Crippen LogP contribution < -0.4 is 0 Å². The number of carboxylic acid groups (broad SMARTS) is 1. The smallest absolute Gasteiger partial charge is 0.310 e. The summed E-state index contributed by atoms with van der Waals surface area (Å²) in [7, 11) is 0. The quantitative estimate of drug-likeness (QED) is 0.544. The number of aliphatic hydroxyl groups excluding tert-OH is 2. The Kier molecular flexibility index (Phi) is 8.73. The van der Waals surface area contributed by atoms with E-state index in [-0.39, 0.29) is 12.2 Å². The Hall–Kier alpha value is -1.53. The lowest BCUT2D eigenvalue weighted by atomic mass is 9.93. The van der Waals surface area contributed by atoms with Crippen molar-refractivity contribution in [2.45, 2.75) is 57.0 Å². The fraction of sp³-hybridized carbons (Fsp3) is 0.588. The minimum absolute atomic E-state index is 0.228. The van der Waals surface area contributed by atoms with Crippen LogP contribution in [0.2, 0.25) is 0 Å². The summed E-state index contributed by atoms with van der Waals surface area (Å²) in [5, 5.41) is 27.1. The van der Waals surface area contributed by atoms with E-state index in [1.54, 1.807) is 0 Å². The molecule has 0 radical (unpaired) electrons. The molecule has 0 bridgehead atoms. The number of halogens is 2. The maximum atomic E-state index is 13.2. The molecule has 0 heterocycles. The van der Waals surface area contributed by atoms with Gasteiger partial charge in [-0.25, -0.2) is 8.78 Å². The molecule has 0 spiro atoms. The van der Waals surface area contributed by atoms with Crippen molar-refractivity contribution < 1.29 is 28.9 Å². The number of benzene rings is 1. The fourth-order valence-corrected chi connectivity index (χ4v) is 2.51. The molecule has 4 nitrogen and oxygen atoms in total. The third-order valence-corrected chi connectivity index (χ3v) is 3.89. The Morgan fingerprint density at radius 1 is 1.00 bits per heavy atom. The summed E-state index contributed by atoms with van der Waals surface area (Å²) in [4.78, 5) is 11.3. The molecule has 0 saturated heterocycles. The van der Waals surface area contributed by atoms with Gasteiger partial charge in [-0.3, -0.25) is 4.79 Å². The molecule has 2 unspecified atom stereocenters. The molecule has 1 aromatic carbocycles. The zero-order valence-corrected chi connectivity index (χ0v) is 13.0. The highest BCUT2D eigenvalue weighted by Gasteiger charge is 2.20. The van der Waals surface area contributed by atoms with Crippen molar-refractivity contribution >= 4 is 5.97 Å². The Morgan fingerprint density at radius 3 is 2.17 bits per heavy atom. The van der Waals surface area contributed by atoms with Gasteiger partial charge in [0.2, 0.25) is 0 Å². The normalized spacial score (nSPS) is 13.7. The van der Waals surface area contributed by atoms with Crippen LogP contribution in [0.4, 0.5) is 8.78 Å². The summed E-state index contributed by atoms with van der Waals surface area (Å²) < 4.78 is 26.1. The molecule has 0 fully saturated rings. The van der Waals surface area contributed by atoms with E-state index < -0.39 is 29.6 Å². The van der Waals surface area contributed by atoms with Crippen molar-refractivity contribution in [3.8, 4) is 0 Å². The van der Waals surface area contributed by atoms with Gasteiger partial charge < -0.3 is 15.3 Å². The van der Waals surface area contributed by atoms with Crippen LogP contribution >= 0.6 is 0 Å². The average molecular weight is 330 g/mol. The monoisotopic (exact) mass is 330 g/mol. The molecule has 0 amide bonds. The van der Waals surface area contributed by atoms with Crippen molar-refractivity contribution in [3.63, 3.8) is 0 Å². The first-order chi connectivity index (χ1) is 11.0. The van der Waals surface area contributed by atoms with Crippen LogP contribution in [0.15, 0.2) is 18.2 Å². The van der Waals surface area contributed by atoms with Crippen LogP contribution in [0.1, 0.15) is 56.4 Å². The predicted octanol–water partition coefficient (Wildman–Crippen LogP) is 3.22. The highest BCUT2D eigenvalue weighted by atomic mass is 19.2. The summed E-state index contributed by atoms with van der Waals surface area (Å²) in [6.07, 6.45) is 4.40. The van der Waals surface area contributed by atoms with Gasteiger partial charge >= 0.3 is 5.97 Å². The second-order valence-electron chi connectivity index (χ2n) is 5.75. The van der Waals surface area contributed by atoms with Gasteiger partial charge in [0.25, 0.3) is 0 Å². The van der Waals surface area contributed by atoms with Crippen LogP contribution in [0.5, 0.6) is 0 Å². The first-order valence-corrected chi connectivity index (χ1v) is 7.92. The molecule has 0 saturated carbocycles. The Labute approximate surface area is 134 Å². The maximum absolute atomic E-state index is 13.2. The lowest BCUT2D eigenvalue weighted by Crippen LogP contribution is -2.12. The molecular weight excluding hydrogens is 306 g/mol. The van der Waals surface area contributed by atoms with Gasteiger partial charge in [0, 0.05) is 0 Å². The molecule has 0 aliphatic rings. The lowest BCUT2D eigenvalue weighted by molar-refractivity contribution is -0.139. The second-order valence-corrected chi connectivity index (χ2v) is 5.75. The molecule has 0 aliphatic carbocycles. The number of carbonyl (C=O) groups is 1. The molecule has 130 valence electrons. The zero-order chi connectivity index (χ0) is 17.2. The number of aliphatic carboxylic acids is 1. The van der Waals surface area contributed by atoms with Crippen LogP contribution in [-0.2, 0) is 4.79 Å². The average Bonchev–Trinajstić information content (AvgIpc) is 2.52. The molecule has 0 aliphatic heterocycles. The number of carboxylic acids is 1. The molecule has 23 heavy (non-hydrogen) atoms. The van der Waals surface area contributed by atoms with Crippen molar-refractivity contribution in [3.05, 3.63) is 35.4 Å². The first-order valence-electron chi connectivity index (χ1n) is 7.92. The van der Waals surface area contributed by atoms with E-state index >= 15 is 0 Å². The summed E-state index contributed by atoms with van der Waals surface area (Å²) in [6.45, 7) is -0.228. The highest BCUT2D eigenvalue weighted by molar-refractivity contribution is 5.76. The summed E-state index contributed by atoms with van der Waals surface area (Å²) in [5.41, 5.74) is 0.280. The highest BCUT2D eigenvalue weighted by Crippen LogP contribution is 2.25. The van der Waals surface area contributed by atoms with Gasteiger partial charge in [0.1, 0.15) is 0 Å². The van der Waals surface area contributed by atoms with E-state index in [2.05, 4.69) is 0 Å². The SMILES string of the molecule is O=C(O)C(CCCCCCCC(O)CO)c1ccc(F)c(F)c1. The topological polar surface area (TPSA) is 77.8 Å². The minimum atomic E-state index is -1.04. The molecule has 2 atom stereocenters. The van der Waals surface area contributed by atoms with E-state index in [1.165, 1.54) is 6.07 Å². The molecule has 3 N–H and O–H groups in total. The maximum Gasteiger partial charge on any atom is 0.310 e. The standard InChI is InChI=1S/C17H24F2O4/c18-15-9-8-12(10-16(15)19)14(17(22)23)7-5-3-1-2-4-6-13(21)11-20/h8-10,13-14,20-21H,1-7,11H2,(H,22,23). The van der Waals surface area contributed by atoms with Crippen LogP contribution in [-0.4, -0.2) is 34.0 Å². The minimum Gasteiger partial charge on any atom is -0.481 e. The van der Waals surface area contributed by atoms with E-state index in [1.807, 2.05) is 0 Å². The first kappa shape index (κ1) is 19.5. The van der Waals surface area contributed by atoms with Crippen molar-refractivity contribution in [2.75, 3.05) is 6.61 Å². The van der Waals surface area contributed by atoms with Crippen molar-refractivity contribution in [1.29, 1.82) is 0 Å². The van der Waals surface area contributed by atoms with Gasteiger partial charge in [0.15, 0.2) is 11.6 Å². The molecule has 6 heteroatoms. The summed E-state index contributed by atoms with van der Waals surface area (Å²) in [5.74, 6) is -3.89. The van der Waals surface area contributed by atoms with Crippen molar-refractivity contribution in [2.24, 2.45) is 0 Å².